The van der Waals surface area contributed by atoms with Gasteiger partial charge in [-0.15, -0.1) is 11.8 Å². The van der Waals surface area contributed by atoms with Gasteiger partial charge in [-0.05, 0) is 26.0 Å². The lowest BCUT2D eigenvalue weighted by Crippen LogP contribution is -2.25. The first kappa shape index (κ1) is 17.9. The number of aromatic nitrogens is 1. The molecule has 6 nitrogen and oxygen atoms in total. The number of benzene rings is 1. The number of amides is 2. The smallest absolute Gasteiger partial charge is 0.238 e. The molecule has 0 spiro atoms. The first-order chi connectivity index (χ1) is 11.3. The van der Waals surface area contributed by atoms with Crippen molar-refractivity contribution >= 4 is 35.1 Å². The second kappa shape index (κ2) is 7.91. The highest BCUT2D eigenvalue weighted by Crippen LogP contribution is 2.16. The zero-order valence-electron chi connectivity index (χ0n) is 12.9. The van der Waals surface area contributed by atoms with Crippen LogP contribution in [0.25, 0.3) is 0 Å². The first-order valence-corrected chi connectivity index (χ1v) is 8.00. The number of nitrogens with zero attached hydrogens (tertiary/aromatic N) is 1. The van der Waals surface area contributed by atoms with E-state index in [1.807, 2.05) is 0 Å². The Kier molecular flexibility index (Phi) is 5.91. The zero-order valence-corrected chi connectivity index (χ0v) is 13.7. The van der Waals surface area contributed by atoms with E-state index in [9.17, 15) is 18.4 Å². The predicted molar refractivity (Wildman–Crippen MR) is 86.8 cm³/mol. The Morgan fingerprint density at radius 3 is 2.46 bits per heavy atom. The third-order valence-corrected chi connectivity index (χ3v) is 4.00. The number of anilines is 2. The normalized spacial score (nSPS) is 11.8. The standard InChI is InChI=1S/C15H15F2N3O3S/c1-8-3-13(20-23-8)19-15(22)9(2)24-7-14(21)18-12-5-10(16)4-11(17)6-12/h3-6,9H,7H2,1-2H3,(H,18,21)(H,19,20,22). The number of nitrogens with one attached hydrogen (secondary N) is 2. The molecule has 0 aliphatic carbocycles. The maximum atomic E-state index is 13.0. The van der Waals surface area contributed by atoms with Crippen LogP contribution in [0.3, 0.4) is 0 Å². The third-order valence-electron chi connectivity index (χ3n) is 2.86. The van der Waals surface area contributed by atoms with E-state index in [4.69, 9.17) is 4.52 Å². The van der Waals surface area contributed by atoms with E-state index in [-0.39, 0.29) is 17.3 Å². The Morgan fingerprint density at radius 2 is 1.88 bits per heavy atom. The molecule has 1 aromatic heterocycles. The number of hydrogen-bond donors (Lipinski definition) is 2. The van der Waals surface area contributed by atoms with Crippen molar-refractivity contribution in [3.05, 3.63) is 41.7 Å². The van der Waals surface area contributed by atoms with E-state index in [1.54, 1.807) is 19.9 Å². The summed E-state index contributed by atoms with van der Waals surface area (Å²) in [6, 6.07) is 4.30. The predicted octanol–water partition coefficient (Wildman–Crippen LogP) is 2.96. The lowest BCUT2D eigenvalue weighted by atomic mass is 10.3. The van der Waals surface area contributed by atoms with Crippen LogP contribution >= 0.6 is 11.8 Å². The average molecular weight is 355 g/mol. The van der Waals surface area contributed by atoms with E-state index in [0.29, 0.717) is 17.6 Å². The molecule has 2 N–H and O–H groups in total. The molecule has 0 aliphatic rings. The highest BCUT2D eigenvalue weighted by molar-refractivity contribution is 8.01. The Labute approximate surface area is 141 Å². The van der Waals surface area contributed by atoms with Crippen LogP contribution in [0.1, 0.15) is 12.7 Å². The minimum atomic E-state index is -0.784. The van der Waals surface area contributed by atoms with Crippen LogP contribution in [0.5, 0.6) is 0 Å². The molecule has 1 unspecified atom stereocenters. The highest BCUT2D eigenvalue weighted by Gasteiger charge is 2.17. The summed E-state index contributed by atoms with van der Waals surface area (Å²) in [5.41, 5.74) is 0.0216. The van der Waals surface area contributed by atoms with Gasteiger partial charge in [0.25, 0.3) is 0 Å². The molecule has 1 atom stereocenters. The third kappa shape index (κ3) is 5.34. The molecular formula is C15H15F2N3O3S. The minimum Gasteiger partial charge on any atom is -0.360 e. The van der Waals surface area contributed by atoms with Gasteiger partial charge in [-0.3, -0.25) is 9.59 Å². The van der Waals surface area contributed by atoms with Crippen LogP contribution in [-0.2, 0) is 9.59 Å². The minimum absolute atomic E-state index is 0.0216. The van der Waals surface area contributed by atoms with Crippen LogP contribution in [0.4, 0.5) is 20.3 Å². The van der Waals surface area contributed by atoms with Crippen molar-refractivity contribution < 1.29 is 22.9 Å². The van der Waals surface area contributed by atoms with E-state index >= 15 is 0 Å². The Bertz CT molecular complexity index is 731. The molecule has 1 heterocycles. The molecular weight excluding hydrogens is 340 g/mol. The number of carbonyl (C=O) groups is 2. The summed E-state index contributed by atoms with van der Waals surface area (Å²) in [4.78, 5) is 23.7. The Balaban J connectivity index is 1.81. The number of aryl methyl sites for hydroxylation is 1. The maximum Gasteiger partial charge on any atom is 0.238 e. The Morgan fingerprint density at radius 1 is 1.21 bits per heavy atom. The molecule has 2 amide bonds. The summed E-state index contributed by atoms with van der Waals surface area (Å²) in [7, 11) is 0. The molecule has 128 valence electrons. The van der Waals surface area contributed by atoms with Gasteiger partial charge in [0, 0.05) is 17.8 Å². The number of carbonyl (C=O) groups excluding carboxylic acids is 2. The van der Waals surface area contributed by atoms with Crippen molar-refractivity contribution in [1.29, 1.82) is 0 Å². The highest BCUT2D eigenvalue weighted by atomic mass is 32.2. The van der Waals surface area contributed by atoms with Gasteiger partial charge >= 0.3 is 0 Å². The molecule has 0 bridgehead atoms. The van der Waals surface area contributed by atoms with Gasteiger partial charge in [-0.2, -0.15) is 0 Å². The summed E-state index contributed by atoms with van der Waals surface area (Å²) in [5.74, 6) is -1.57. The van der Waals surface area contributed by atoms with Gasteiger partial charge < -0.3 is 15.2 Å². The quantitative estimate of drug-likeness (QED) is 0.832. The largest absolute Gasteiger partial charge is 0.360 e. The van der Waals surface area contributed by atoms with Crippen molar-refractivity contribution in [2.24, 2.45) is 0 Å². The summed E-state index contributed by atoms with van der Waals surface area (Å²) in [6.45, 7) is 3.32. The molecule has 2 rings (SSSR count). The van der Waals surface area contributed by atoms with E-state index in [1.165, 1.54) is 0 Å². The summed E-state index contributed by atoms with van der Waals surface area (Å²) >= 11 is 1.08. The van der Waals surface area contributed by atoms with Gasteiger partial charge in [-0.1, -0.05) is 5.16 Å². The van der Waals surface area contributed by atoms with Crippen molar-refractivity contribution in [1.82, 2.24) is 5.16 Å². The summed E-state index contributed by atoms with van der Waals surface area (Å²) in [6.07, 6.45) is 0. The molecule has 2 aromatic rings. The monoisotopic (exact) mass is 355 g/mol. The van der Waals surface area contributed by atoms with Crippen LogP contribution in [0.2, 0.25) is 0 Å². The number of thioether (sulfide) groups is 1. The van der Waals surface area contributed by atoms with Crippen molar-refractivity contribution in [2.75, 3.05) is 16.4 Å². The van der Waals surface area contributed by atoms with Gasteiger partial charge in [0.15, 0.2) is 5.82 Å². The molecule has 1 aromatic carbocycles. The fraction of sp³-hybridized carbons (Fsp3) is 0.267. The molecule has 0 saturated carbocycles. The van der Waals surface area contributed by atoms with Crippen molar-refractivity contribution in [3.63, 3.8) is 0 Å². The van der Waals surface area contributed by atoms with Gasteiger partial charge in [0.2, 0.25) is 11.8 Å². The molecule has 24 heavy (non-hydrogen) atoms. The second-order valence-electron chi connectivity index (χ2n) is 4.97. The SMILES string of the molecule is Cc1cc(NC(=O)C(C)SCC(=O)Nc2cc(F)cc(F)c2)no1. The number of halogens is 2. The van der Waals surface area contributed by atoms with Crippen LogP contribution in [0.15, 0.2) is 28.8 Å². The summed E-state index contributed by atoms with van der Waals surface area (Å²) in [5, 5.41) is 8.04. The van der Waals surface area contributed by atoms with Crippen molar-refractivity contribution in [2.45, 2.75) is 19.1 Å². The first-order valence-electron chi connectivity index (χ1n) is 6.95. The van der Waals surface area contributed by atoms with Gasteiger partial charge in [0.05, 0.1) is 11.0 Å². The van der Waals surface area contributed by atoms with Crippen LogP contribution in [0, 0.1) is 18.6 Å². The fourth-order valence-corrected chi connectivity index (χ4v) is 2.44. The summed E-state index contributed by atoms with van der Waals surface area (Å²) < 4.78 is 30.9. The van der Waals surface area contributed by atoms with Crippen LogP contribution in [-0.4, -0.2) is 28.0 Å². The Hall–Kier alpha value is -2.42. The zero-order chi connectivity index (χ0) is 17.7. The van der Waals surface area contributed by atoms with Crippen molar-refractivity contribution in [3.8, 4) is 0 Å². The van der Waals surface area contributed by atoms with E-state index in [2.05, 4.69) is 15.8 Å². The molecule has 0 fully saturated rings. The van der Waals surface area contributed by atoms with Gasteiger partial charge in [-0.25, -0.2) is 8.78 Å². The second-order valence-corrected chi connectivity index (χ2v) is 6.30. The maximum absolute atomic E-state index is 13.0. The lowest BCUT2D eigenvalue weighted by Gasteiger charge is -2.10. The molecule has 0 radical (unpaired) electrons. The number of rotatable bonds is 6. The fourth-order valence-electron chi connectivity index (χ4n) is 1.75. The number of hydrogen-bond acceptors (Lipinski definition) is 5. The van der Waals surface area contributed by atoms with E-state index < -0.39 is 22.8 Å². The van der Waals surface area contributed by atoms with E-state index in [0.717, 1.165) is 23.9 Å². The molecule has 9 heteroatoms. The van der Waals surface area contributed by atoms with Gasteiger partial charge in [0.1, 0.15) is 17.4 Å². The molecule has 0 saturated heterocycles. The molecule has 0 aliphatic heterocycles. The lowest BCUT2D eigenvalue weighted by molar-refractivity contribution is -0.115. The van der Waals surface area contributed by atoms with Crippen LogP contribution < -0.4 is 10.6 Å². The average Bonchev–Trinajstić information content (AvgIpc) is 2.88. The topological polar surface area (TPSA) is 84.2 Å².